The van der Waals surface area contributed by atoms with Crippen LogP contribution < -0.4 is 14.8 Å². The average molecular weight is 387 g/mol. The van der Waals surface area contributed by atoms with Gasteiger partial charge in [-0.1, -0.05) is 6.07 Å². The second-order valence-corrected chi connectivity index (χ2v) is 5.60. The third kappa shape index (κ3) is 4.37. The number of methoxy groups -OCH3 is 2. The van der Waals surface area contributed by atoms with Gasteiger partial charge in [0.15, 0.2) is 0 Å². The average Bonchev–Trinajstić information content (AvgIpc) is 2.60. The molecule has 0 heterocycles. The van der Waals surface area contributed by atoms with Crippen molar-refractivity contribution in [2.75, 3.05) is 19.5 Å². The summed E-state index contributed by atoms with van der Waals surface area (Å²) in [7, 11) is 3.13. The van der Waals surface area contributed by atoms with E-state index in [4.69, 9.17) is 9.47 Å². The van der Waals surface area contributed by atoms with E-state index in [1.165, 1.54) is 6.08 Å². The fourth-order valence-corrected chi connectivity index (χ4v) is 2.52. The molecule has 1 N–H and O–H groups in total. The second kappa shape index (κ2) is 8.18. The first-order chi connectivity index (χ1) is 11.6. The van der Waals surface area contributed by atoms with Gasteiger partial charge >= 0.3 is 0 Å². The van der Waals surface area contributed by atoms with E-state index in [1.54, 1.807) is 56.7 Å². The summed E-state index contributed by atoms with van der Waals surface area (Å²) in [5.74, 6) is 0.884. The number of ether oxygens (including phenoxy) is 2. The maximum absolute atomic E-state index is 12.2. The number of amides is 1. The van der Waals surface area contributed by atoms with E-state index in [2.05, 4.69) is 21.2 Å². The number of hydrogen-bond donors (Lipinski definition) is 1. The highest BCUT2D eigenvalue weighted by Gasteiger charge is 2.10. The molecule has 0 aliphatic heterocycles. The third-order valence-electron chi connectivity index (χ3n) is 3.20. The molecule has 0 saturated carbocycles. The molecule has 0 radical (unpaired) electrons. The Morgan fingerprint density at radius 1 is 1.17 bits per heavy atom. The molecule has 2 rings (SSSR count). The van der Waals surface area contributed by atoms with Crippen LogP contribution in [0.25, 0.3) is 6.08 Å². The van der Waals surface area contributed by atoms with Crippen LogP contribution in [0.1, 0.15) is 5.56 Å². The van der Waals surface area contributed by atoms with Crippen molar-refractivity contribution >= 4 is 33.6 Å². The molecule has 0 spiro atoms. The van der Waals surface area contributed by atoms with Crippen LogP contribution in [0.15, 0.2) is 52.5 Å². The van der Waals surface area contributed by atoms with Crippen LogP contribution in [-0.4, -0.2) is 20.1 Å². The van der Waals surface area contributed by atoms with E-state index in [0.29, 0.717) is 22.7 Å². The number of nitrogens with one attached hydrogen (secondary N) is 1. The van der Waals surface area contributed by atoms with Gasteiger partial charge in [0.2, 0.25) is 0 Å². The maximum Gasteiger partial charge on any atom is 0.266 e. The van der Waals surface area contributed by atoms with Crippen molar-refractivity contribution in [1.29, 1.82) is 5.26 Å². The van der Waals surface area contributed by atoms with E-state index >= 15 is 0 Å². The lowest BCUT2D eigenvalue weighted by Gasteiger charge is -2.06. The smallest absolute Gasteiger partial charge is 0.266 e. The molecule has 122 valence electrons. The summed E-state index contributed by atoms with van der Waals surface area (Å²) in [5, 5.41) is 11.9. The Kier molecular flexibility index (Phi) is 5.99. The van der Waals surface area contributed by atoms with Crippen molar-refractivity contribution in [2.24, 2.45) is 0 Å². The molecule has 0 aliphatic carbocycles. The number of nitriles is 1. The Balaban J connectivity index is 2.18. The summed E-state index contributed by atoms with van der Waals surface area (Å²) in [6.07, 6.45) is 1.52. The van der Waals surface area contributed by atoms with Gasteiger partial charge in [-0.05, 0) is 64.0 Å². The van der Waals surface area contributed by atoms with Crippen LogP contribution in [0.2, 0.25) is 0 Å². The number of halogens is 1. The minimum Gasteiger partial charge on any atom is -0.497 e. The zero-order chi connectivity index (χ0) is 17.5. The lowest BCUT2D eigenvalue weighted by Crippen LogP contribution is -2.13. The summed E-state index contributed by atoms with van der Waals surface area (Å²) >= 11 is 3.37. The molecule has 2 aromatic carbocycles. The first-order valence-electron chi connectivity index (χ1n) is 6.98. The SMILES string of the molecule is COc1ccc(NC(=O)/C(C#N)=C\c2ccc(OC)c(Br)c2)cc1. The van der Waals surface area contributed by atoms with Gasteiger partial charge in [-0.3, -0.25) is 4.79 Å². The largest absolute Gasteiger partial charge is 0.497 e. The lowest BCUT2D eigenvalue weighted by molar-refractivity contribution is -0.112. The summed E-state index contributed by atoms with van der Waals surface area (Å²) in [5.41, 5.74) is 1.30. The molecule has 0 saturated heterocycles. The van der Waals surface area contributed by atoms with Crippen molar-refractivity contribution in [3.05, 3.63) is 58.1 Å². The minimum atomic E-state index is -0.477. The minimum absolute atomic E-state index is 0.00267. The summed E-state index contributed by atoms with van der Waals surface area (Å²) in [6, 6.07) is 14.1. The van der Waals surface area contributed by atoms with Crippen molar-refractivity contribution in [3.63, 3.8) is 0 Å². The van der Waals surface area contributed by atoms with E-state index in [0.717, 1.165) is 4.47 Å². The molecule has 2 aromatic rings. The first-order valence-corrected chi connectivity index (χ1v) is 7.77. The number of nitrogens with zero attached hydrogens (tertiary/aromatic N) is 1. The fourth-order valence-electron chi connectivity index (χ4n) is 1.96. The fraction of sp³-hybridized carbons (Fsp3) is 0.111. The van der Waals surface area contributed by atoms with Crippen LogP contribution >= 0.6 is 15.9 Å². The number of anilines is 1. The zero-order valence-electron chi connectivity index (χ0n) is 13.2. The zero-order valence-corrected chi connectivity index (χ0v) is 14.8. The Bertz CT molecular complexity index is 808. The topological polar surface area (TPSA) is 71.3 Å². The van der Waals surface area contributed by atoms with Crippen LogP contribution in [0.3, 0.4) is 0 Å². The van der Waals surface area contributed by atoms with Crippen LogP contribution in [0.4, 0.5) is 5.69 Å². The molecule has 6 heteroatoms. The molecule has 5 nitrogen and oxygen atoms in total. The molecular weight excluding hydrogens is 372 g/mol. The lowest BCUT2D eigenvalue weighted by atomic mass is 10.1. The molecule has 0 atom stereocenters. The van der Waals surface area contributed by atoms with Gasteiger partial charge in [0, 0.05) is 5.69 Å². The van der Waals surface area contributed by atoms with Crippen molar-refractivity contribution < 1.29 is 14.3 Å². The highest BCUT2D eigenvalue weighted by Crippen LogP contribution is 2.26. The van der Waals surface area contributed by atoms with E-state index in [1.807, 2.05) is 6.07 Å². The van der Waals surface area contributed by atoms with Gasteiger partial charge in [0.1, 0.15) is 23.1 Å². The Labute approximate surface area is 148 Å². The molecule has 0 bridgehead atoms. The van der Waals surface area contributed by atoms with Crippen molar-refractivity contribution in [3.8, 4) is 17.6 Å². The second-order valence-electron chi connectivity index (χ2n) is 4.75. The van der Waals surface area contributed by atoms with Crippen molar-refractivity contribution in [2.45, 2.75) is 0 Å². The van der Waals surface area contributed by atoms with Crippen LogP contribution in [0, 0.1) is 11.3 Å². The van der Waals surface area contributed by atoms with Crippen molar-refractivity contribution in [1.82, 2.24) is 0 Å². The molecule has 24 heavy (non-hydrogen) atoms. The number of carbonyl (C=O) groups excluding carboxylic acids is 1. The van der Waals surface area contributed by atoms with E-state index in [-0.39, 0.29) is 5.57 Å². The number of benzene rings is 2. The molecule has 0 fully saturated rings. The summed E-state index contributed by atoms with van der Waals surface area (Å²) in [6.45, 7) is 0. The Morgan fingerprint density at radius 2 is 1.88 bits per heavy atom. The highest BCUT2D eigenvalue weighted by atomic mass is 79.9. The van der Waals surface area contributed by atoms with Gasteiger partial charge in [-0.2, -0.15) is 5.26 Å². The van der Waals surface area contributed by atoms with Gasteiger partial charge in [-0.25, -0.2) is 0 Å². The molecule has 1 amide bonds. The monoisotopic (exact) mass is 386 g/mol. The predicted molar refractivity (Wildman–Crippen MR) is 95.9 cm³/mol. The van der Waals surface area contributed by atoms with E-state index in [9.17, 15) is 10.1 Å². The van der Waals surface area contributed by atoms with E-state index < -0.39 is 5.91 Å². The van der Waals surface area contributed by atoms with Crippen LogP contribution in [0.5, 0.6) is 11.5 Å². The Hall–Kier alpha value is -2.78. The normalized spacial score (nSPS) is 10.7. The van der Waals surface area contributed by atoms with Gasteiger partial charge in [0.05, 0.1) is 18.7 Å². The molecule has 0 aliphatic rings. The summed E-state index contributed by atoms with van der Waals surface area (Å²) in [4.78, 5) is 12.2. The van der Waals surface area contributed by atoms with Gasteiger partial charge < -0.3 is 14.8 Å². The third-order valence-corrected chi connectivity index (χ3v) is 3.82. The maximum atomic E-state index is 12.2. The molecule has 0 unspecified atom stereocenters. The summed E-state index contributed by atoms with van der Waals surface area (Å²) < 4.78 is 11.0. The number of rotatable bonds is 5. The predicted octanol–water partition coefficient (Wildman–Crippen LogP) is 4.01. The first kappa shape index (κ1) is 17.6. The number of carbonyl (C=O) groups is 1. The van der Waals surface area contributed by atoms with Gasteiger partial charge in [0.25, 0.3) is 5.91 Å². The quantitative estimate of drug-likeness (QED) is 0.622. The van der Waals surface area contributed by atoms with Gasteiger partial charge in [-0.15, -0.1) is 0 Å². The van der Waals surface area contributed by atoms with Crippen LogP contribution in [-0.2, 0) is 4.79 Å². The Morgan fingerprint density at radius 3 is 2.42 bits per heavy atom. The molecule has 0 aromatic heterocycles. The standard InChI is InChI=1S/C18H15BrN2O3/c1-23-15-6-4-14(5-7-15)21-18(22)13(11-20)9-12-3-8-17(24-2)16(19)10-12/h3-10H,1-2H3,(H,21,22)/b13-9-. The highest BCUT2D eigenvalue weighted by molar-refractivity contribution is 9.10. The molecular formula is C18H15BrN2O3. The number of hydrogen-bond acceptors (Lipinski definition) is 4.